The van der Waals surface area contributed by atoms with Crippen molar-refractivity contribution in [2.75, 3.05) is 0 Å². The van der Waals surface area contributed by atoms with Crippen LogP contribution in [0.25, 0.3) is 6.08 Å². The van der Waals surface area contributed by atoms with Gasteiger partial charge in [0.05, 0.1) is 11.7 Å². The predicted molar refractivity (Wildman–Crippen MR) is 58.6 cm³/mol. The van der Waals surface area contributed by atoms with Crippen LogP contribution in [0, 0.1) is 6.92 Å². The number of carboxylic acids is 1. The number of nitrogens with zero attached hydrogens (tertiary/aromatic N) is 2. The Labute approximate surface area is 89.2 Å². The highest BCUT2D eigenvalue weighted by Gasteiger charge is 2.17. The molecular weight excluding hydrogens is 192 g/mol. The van der Waals surface area contributed by atoms with Crippen molar-refractivity contribution in [1.82, 2.24) is 9.78 Å². The molecule has 0 atom stereocenters. The summed E-state index contributed by atoms with van der Waals surface area (Å²) in [5, 5.41) is 12.8. The Bertz CT molecular complexity index is 397. The van der Waals surface area contributed by atoms with Gasteiger partial charge in [-0.05, 0) is 33.8 Å². The van der Waals surface area contributed by atoms with E-state index in [9.17, 15) is 4.79 Å². The van der Waals surface area contributed by atoms with Crippen LogP contribution in [0.1, 0.15) is 32.0 Å². The summed E-state index contributed by atoms with van der Waals surface area (Å²) in [5.41, 5.74) is 1.73. The van der Waals surface area contributed by atoms with Gasteiger partial charge in [0.1, 0.15) is 0 Å². The maximum absolute atomic E-state index is 10.4. The Balaban J connectivity index is 3.05. The molecule has 0 saturated heterocycles. The second-order valence-electron chi connectivity index (χ2n) is 4.44. The number of carboxylic acid groups (broad SMARTS) is 1. The third kappa shape index (κ3) is 2.68. The highest BCUT2D eigenvalue weighted by atomic mass is 16.4. The summed E-state index contributed by atoms with van der Waals surface area (Å²) in [5.74, 6) is -0.946. The van der Waals surface area contributed by atoms with E-state index in [0.29, 0.717) is 0 Å². The van der Waals surface area contributed by atoms with Gasteiger partial charge in [-0.15, -0.1) is 0 Å². The maximum Gasteiger partial charge on any atom is 0.328 e. The van der Waals surface area contributed by atoms with E-state index in [0.717, 1.165) is 17.3 Å². The molecule has 4 nitrogen and oxygen atoms in total. The third-order valence-corrected chi connectivity index (χ3v) is 2.09. The molecule has 0 amide bonds. The topological polar surface area (TPSA) is 55.1 Å². The van der Waals surface area contributed by atoms with E-state index in [4.69, 9.17) is 5.11 Å². The molecule has 1 aromatic rings. The predicted octanol–water partition coefficient (Wildman–Crippen LogP) is 2.04. The molecule has 0 fully saturated rings. The highest BCUT2D eigenvalue weighted by Crippen LogP contribution is 2.18. The summed E-state index contributed by atoms with van der Waals surface area (Å²) in [4.78, 5) is 10.4. The Kier molecular flexibility index (Phi) is 2.98. The van der Waals surface area contributed by atoms with Gasteiger partial charge in [-0.3, -0.25) is 4.68 Å². The fourth-order valence-electron chi connectivity index (χ4n) is 1.42. The fourth-order valence-corrected chi connectivity index (χ4v) is 1.42. The normalized spacial score (nSPS) is 12.3. The Morgan fingerprint density at radius 2 is 2.13 bits per heavy atom. The highest BCUT2D eigenvalue weighted by molar-refractivity contribution is 5.85. The Morgan fingerprint density at radius 1 is 1.53 bits per heavy atom. The maximum atomic E-state index is 10.4. The molecule has 0 radical (unpaired) electrons. The van der Waals surface area contributed by atoms with Crippen molar-refractivity contribution in [3.05, 3.63) is 23.5 Å². The number of aromatic nitrogens is 2. The number of carbonyl (C=O) groups is 1. The van der Waals surface area contributed by atoms with E-state index < -0.39 is 5.97 Å². The van der Waals surface area contributed by atoms with Gasteiger partial charge in [0, 0.05) is 17.3 Å². The quantitative estimate of drug-likeness (QED) is 0.757. The van der Waals surface area contributed by atoms with Gasteiger partial charge in [0.15, 0.2) is 0 Å². The van der Waals surface area contributed by atoms with Crippen LogP contribution in [0.5, 0.6) is 0 Å². The SMILES string of the molecule is Cc1c(/C=C\C(=O)O)cnn1C(C)(C)C. The van der Waals surface area contributed by atoms with Crippen LogP contribution in [-0.2, 0) is 10.3 Å². The molecule has 0 bridgehead atoms. The van der Waals surface area contributed by atoms with E-state index in [1.807, 2.05) is 11.6 Å². The largest absolute Gasteiger partial charge is 0.478 e. The van der Waals surface area contributed by atoms with Crippen LogP contribution in [0.3, 0.4) is 0 Å². The van der Waals surface area contributed by atoms with Crippen LogP contribution in [-0.4, -0.2) is 20.9 Å². The monoisotopic (exact) mass is 208 g/mol. The van der Waals surface area contributed by atoms with Gasteiger partial charge in [-0.2, -0.15) is 5.10 Å². The van der Waals surface area contributed by atoms with E-state index >= 15 is 0 Å². The molecule has 0 saturated carbocycles. The molecule has 0 aliphatic rings. The molecule has 15 heavy (non-hydrogen) atoms. The van der Waals surface area contributed by atoms with Crippen molar-refractivity contribution in [2.24, 2.45) is 0 Å². The average molecular weight is 208 g/mol. The Hall–Kier alpha value is -1.58. The van der Waals surface area contributed by atoms with Crippen molar-refractivity contribution in [3.63, 3.8) is 0 Å². The summed E-state index contributed by atoms with van der Waals surface area (Å²) >= 11 is 0. The van der Waals surface area contributed by atoms with Crippen molar-refractivity contribution in [3.8, 4) is 0 Å². The standard InChI is InChI=1S/C11H16N2O2/c1-8-9(5-6-10(14)15)7-12-13(8)11(2,3)4/h5-7H,1-4H3,(H,14,15)/b6-5-. The van der Waals surface area contributed by atoms with E-state index in [1.54, 1.807) is 12.3 Å². The number of hydrogen-bond donors (Lipinski definition) is 1. The minimum Gasteiger partial charge on any atom is -0.478 e. The van der Waals surface area contributed by atoms with Crippen molar-refractivity contribution in [2.45, 2.75) is 33.2 Å². The summed E-state index contributed by atoms with van der Waals surface area (Å²) < 4.78 is 1.88. The van der Waals surface area contributed by atoms with Gasteiger partial charge < -0.3 is 5.11 Å². The second-order valence-corrected chi connectivity index (χ2v) is 4.44. The smallest absolute Gasteiger partial charge is 0.328 e. The van der Waals surface area contributed by atoms with Crippen LogP contribution in [0.4, 0.5) is 0 Å². The molecule has 1 aromatic heterocycles. The lowest BCUT2D eigenvalue weighted by Crippen LogP contribution is -2.24. The molecule has 1 rings (SSSR count). The van der Waals surface area contributed by atoms with Crippen molar-refractivity contribution < 1.29 is 9.90 Å². The zero-order chi connectivity index (χ0) is 11.6. The lowest BCUT2D eigenvalue weighted by molar-refractivity contribution is -0.131. The van der Waals surface area contributed by atoms with E-state index in [1.165, 1.54) is 0 Å². The molecule has 4 heteroatoms. The average Bonchev–Trinajstić information content (AvgIpc) is 2.42. The van der Waals surface area contributed by atoms with Crippen LogP contribution < -0.4 is 0 Å². The first-order chi connectivity index (χ1) is 6.82. The minimum absolute atomic E-state index is 0.0839. The second kappa shape index (κ2) is 3.88. The molecular formula is C11H16N2O2. The zero-order valence-electron chi connectivity index (χ0n) is 9.48. The van der Waals surface area contributed by atoms with E-state index in [-0.39, 0.29) is 5.54 Å². The van der Waals surface area contributed by atoms with Gasteiger partial charge in [0.25, 0.3) is 0 Å². The van der Waals surface area contributed by atoms with Crippen LogP contribution in [0.15, 0.2) is 12.3 Å². The lowest BCUT2D eigenvalue weighted by atomic mass is 10.1. The zero-order valence-corrected chi connectivity index (χ0v) is 9.48. The number of hydrogen-bond acceptors (Lipinski definition) is 2. The van der Waals surface area contributed by atoms with Gasteiger partial charge in [0.2, 0.25) is 0 Å². The molecule has 0 spiro atoms. The molecule has 1 heterocycles. The Morgan fingerprint density at radius 3 is 2.53 bits per heavy atom. The summed E-state index contributed by atoms with van der Waals surface area (Å²) in [6.45, 7) is 8.09. The molecule has 0 aliphatic carbocycles. The van der Waals surface area contributed by atoms with Crippen molar-refractivity contribution >= 4 is 12.0 Å². The van der Waals surface area contributed by atoms with Gasteiger partial charge >= 0.3 is 5.97 Å². The molecule has 82 valence electrons. The van der Waals surface area contributed by atoms with Crippen LogP contribution >= 0.6 is 0 Å². The lowest BCUT2D eigenvalue weighted by Gasteiger charge is -2.21. The number of rotatable bonds is 2. The first-order valence-electron chi connectivity index (χ1n) is 4.78. The first-order valence-corrected chi connectivity index (χ1v) is 4.78. The molecule has 0 aliphatic heterocycles. The summed E-state index contributed by atoms with van der Waals surface area (Å²) in [6, 6.07) is 0. The molecule has 1 N–H and O–H groups in total. The van der Waals surface area contributed by atoms with Gasteiger partial charge in [-0.25, -0.2) is 4.79 Å². The van der Waals surface area contributed by atoms with E-state index in [2.05, 4.69) is 25.9 Å². The van der Waals surface area contributed by atoms with Crippen LogP contribution in [0.2, 0.25) is 0 Å². The van der Waals surface area contributed by atoms with Crippen molar-refractivity contribution in [1.29, 1.82) is 0 Å². The third-order valence-electron chi connectivity index (χ3n) is 2.09. The first kappa shape index (κ1) is 11.5. The molecule has 0 aromatic carbocycles. The fraction of sp³-hybridized carbons (Fsp3) is 0.455. The number of aliphatic carboxylic acids is 1. The summed E-state index contributed by atoms with van der Waals surface area (Å²) in [7, 11) is 0. The summed E-state index contributed by atoms with van der Waals surface area (Å²) in [6.07, 6.45) is 4.37. The molecule has 0 unspecified atom stereocenters. The minimum atomic E-state index is -0.946. The van der Waals surface area contributed by atoms with Gasteiger partial charge in [-0.1, -0.05) is 0 Å².